The highest BCUT2D eigenvalue weighted by atomic mass is 35.5. The molecule has 6 nitrogen and oxygen atoms in total. The van der Waals surface area contributed by atoms with Crippen molar-refractivity contribution in [2.24, 2.45) is 0 Å². The number of likely N-dealkylation sites (tertiary alicyclic amines) is 1. The molecule has 0 saturated carbocycles. The largest absolute Gasteiger partial charge is 0.508 e. The van der Waals surface area contributed by atoms with Crippen LogP contribution in [0.25, 0.3) is 0 Å². The molecule has 12 heteroatoms. The summed E-state index contributed by atoms with van der Waals surface area (Å²) in [7, 11) is -4.45. The summed E-state index contributed by atoms with van der Waals surface area (Å²) in [6.07, 6.45) is -2.34. The fraction of sp³-hybridized carbons (Fsp3) is 0.308. The molecule has 1 aliphatic rings. The maximum Gasteiger partial charge on any atom is 0.416 e. The number of hydrogen-bond donors (Lipinski definition) is 1. The third-order valence-electron chi connectivity index (χ3n) is 6.18. The third kappa shape index (κ3) is 6.66. The van der Waals surface area contributed by atoms with Crippen LogP contribution in [0.15, 0.2) is 65.6 Å². The molecule has 1 heterocycles. The van der Waals surface area contributed by atoms with E-state index in [-0.39, 0.29) is 23.0 Å². The number of rotatable bonds is 9. The number of phenols is 1. The monoisotopic (exact) mass is 588 g/mol. The van der Waals surface area contributed by atoms with E-state index in [9.17, 15) is 26.7 Å². The fourth-order valence-corrected chi connectivity index (χ4v) is 6.35. The SMILES string of the molecule is O=S(=O)(c1ccc(C(F)(F)F)cc1Cl)N(Cc1ccc(O)cc1Cl)c1ccc(OCCN2CCCC2)cc1. The Hall–Kier alpha value is -2.66. The van der Waals surface area contributed by atoms with Gasteiger partial charge in [-0.05, 0) is 86.1 Å². The lowest BCUT2D eigenvalue weighted by molar-refractivity contribution is -0.137. The molecule has 0 bridgehead atoms. The molecule has 0 aromatic heterocycles. The highest BCUT2D eigenvalue weighted by molar-refractivity contribution is 7.93. The Morgan fingerprint density at radius 1 is 0.947 bits per heavy atom. The van der Waals surface area contributed by atoms with Crippen molar-refractivity contribution < 1.29 is 31.4 Å². The first kappa shape index (κ1) is 28.4. The molecule has 1 aliphatic heterocycles. The van der Waals surface area contributed by atoms with Crippen molar-refractivity contribution in [3.8, 4) is 11.5 Å². The lowest BCUT2D eigenvalue weighted by Gasteiger charge is -2.26. The molecule has 1 saturated heterocycles. The van der Waals surface area contributed by atoms with Gasteiger partial charge in [0, 0.05) is 11.6 Å². The van der Waals surface area contributed by atoms with Gasteiger partial charge in [0.05, 0.1) is 22.8 Å². The Labute approximate surface area is 229 Å². The summed E-state index contributed by atoms with van der Waals surface area (Å²) in [5.41, 5.74) is -0.482. The molecule has 0 amide bonds. The lowest BCUT2D eigenvalue weighted by Crippen LogP contribution is -2.31. The highest BCUT2D eigenvalue weighted by Crippen LogP contribution is 2.36. The van der Waals surface area contributed by atoms with Crippen LogP contribution in [0.2, 0.25) is 10.0 Å². The molecule has 0 atom stereocenters. The second kappa shape index (κ2) is 11.6. The minimum Gasteiger partial charge on any atom is -0.508 e. The van der Waals surface area contributed by atoms with Crippen molar-refractivity contribution >= 4 is 38.9 Å². The maximum absolute atomic E-state index is 13.7. The number of anilines is 1. The topological polar surface area (TPSA) is 70.1 Å². The Balaban J connectivity index is 1.64. The molecule has 0 aliphatic carbocycles. The van der Waals surface area contributed by atoms with Crippen molar-refractivity contribution in [2.75, 3.05) is 30.5 Å². The van der Waals surface area contributed by atoms with E-state index in [0.717, 1.165) is 30.0 Å². The number of nitrogens with zero attached hydrogens (tertiary/aromatic N) is 2. The molecule has 1 N–H and O–H groups in total. The smallest absolute Gasteiger partial charge is 0.416 e. The van der Waals surface area contributed by atoms with Gasteiger partial charge in [-0.25, -0.2) is 8.42 Å². The van der Waals surface area contributed by atoms with Gasteiger partial charge < -0.3 is 9.84 Å². The van der Waals surface area contributed by atoms with E-state index in [1.54, 1.807) is 12.1 Å². The average Bonchev–Trinajstić information content (AvgIpc) is 3.37. The first-order chi connectivity index (χ1) is 17.9. The summed E-state index contributed by atoms with van der Waals surface area (Å²) in [6.45, 7) is 3.08. The van der Waals surface area contributed by atoms with E-state index >= 15 is 0 Å². The molecule has 4 rings (SSSR count). The summed E-state index contributed by atoms with van der Waals surface area (Å²) in [5, 5.41) is 9.23. The van der Waals surface area contributed by atoms with Gasteiger partial charge in [-0.1, -0.05) is 29.3 Å². The Morgan fingerprint density at radius 3 is 2.24 bits per heavy atom. The van der Waals surface area contributed by atoms with Gasteiger partial charge in [0.2, 0.25) is 0 Å². The quantitative estimate of drug-likeness (QED) is 0.305. The second-order valence-electron chi connectivity index (χ2n) is 8.82. The van der Waals surface area contributed by atoms with Gasteiger partial charge in [0.1, 0.15) is 23.0 Å². The van der Waals surface area contributed by atoms with Crippen LogP contribution >= 0.6 is 23.2 Å². The first-order valence-corrected chi connectivity index (χ1v) is 14.0. The van der Waals surface area contributed by atoms with Crippen molar-refractivity contribution in [3.63, 3.8) is 0 Å². The van der Waals surface area contributed by atoms with Gasteiger partial charge >= 0.3 is 6.18 Å². The molecular weight excluding hydrogens is 564 g/mol. The summed E-state index contributed by atoms with van der Waals surface area (Å²) in [4.78, 5) is 1.81. The molecule has 1 fully saturated rings. The van der Waals surface area contributed by atoms with Crippen LogP contribution in [0.1, 0.15) is 24.0 Å². The number of aromatic hydroxyl groups is 1. The van der Waals surface area contributed by atoms with Crippen LogP contribution in [0.3, 0.4) is 0 Å². The van der Waals surface area contributed by atoms with Crippen molar-refractivity contribution in [1.29, 1.82) is 0 Å². The van der Waals surface area contributed by atoms with Gasteiger partial charge in [-0.15, -0.1) is 0 Å². The first-order valence-electron chi connectivity index (χ1n) is 11.8. The zero-order valence-electron chi connectivity index (χ0n) is 20.1. The van der Waals surface area contributed by atoms with Crippen LogP contribution in [-0.4, -0.2) is 44.7 Å². The number of alkyl halides is 3. The molecule has 3 aromatic carbocycles. The molecule has 204 valence electrons. The fourth-order valence-electron chi connectivity index (χ4n) is 4.15. The number of benzene rings is 3. The Kier molecular flexibility index (Phi) is 8.66. The van der Waals surface area contributed by atoms with Gasteiger partial charge in [0.25, 0.3) is 10.0 Å². The highest BCUT2D eigenvalue weighted by Gasteiger charge is 2.34. The molecule has 0 unspecified atom stereocenters. The van der Waals surface area contributed by atoms with Crippen LogP contribution in [0.4, 0.5) is 18.9 Å². The Bertz CT molecular complexity index is 1380. The van der Waals surface area contributed by atoms with E-state index in [1.165, 1.54) is 43.2 Å². The van der Waals surface area contributed by atoms with E-state index in [0.29, 0.717) is 30.1 Å². The van der Waals surface area contributed by atoms with E-state index in [2.05, 4.69) is 4.90 Å². The van der Waals surface area contributed by atoms with E-state index in [1.807, 2.05) is 0 Å². The van der Waals surface area contributed by atoms with Gasteiger partial charge in [0.15, 0.2) is 0 Å². The Morgan fingerprint density at radius 2 is 1.63 bits per heavy atom. The van der Waals surface area contributed by atoms with E-state index in [4.69, 9.17) is 27.9 Å². The molecule has 0 spiro atoms. The average molecular weight is 589 g/mol. The second-order valence-corrected chi connectivity index (χ2v) is 11.5. The summed E-state index contributed by atoms with van der Waals surface area (Å²) < 4.78 is 73.7. The number of halogens is 5. The standard InChI is InChI=1S/C26H25Cl2F3N2O4S/c27-23-16-21(34)7-3-18(23)17-33(38(35,36)25-10-4-19(15-24(25)28)26(29,30)31)20-5-8-22(9-6-20)37-14-13-32-11-1-2-12-32/h3-10,15-16,34H,1-2,11-14,17H2. The summed E-state index contributed by atoms with van der Waals surface area (Å²) in [5.74, 6) is 0.440. The van der Waals surface area contributed by atoms with Crippen LogP contribution in [0.5, 0.6) is 11.5 Å². The maximum atomic E-state index is 13.7. The van der Waals surface area contributed by atoms with Crippen LogP contribution in [0, 0.1) is 0 Å². The number of phenolic OH excluding ortho intramolecular Hbond substituents is 1. The molecule has 0 radical (unpaired) electrons. The third-order valence-corrected chi connectivity index (χ3v) is 8.79. The number of hydrogen-bond acceptors (Lipinski definition) is 5. The van der Waals surface area contributed by atoms with Crippen molar-refractivity contribution in [1.82, 2.24) is 4.90 Å². The minimum atomic E-state index is -4.68. The normalized spacial score (nSPS) is 14.6. The minimum absolute atomic E-state index is 0.102. The van der Waals surface area contributed by atoms with E-state index < -0.39 is 31.7 Å². The van der Waals surface area contributed by atoms with Gasteiger partial charge in [-0.2, -0.15) is 13.2 Å². The van der Waals surface area contributed by atoms with Crippen molar-refractivity contribution in [3.05, 3.63) is 81.8 Å². The summed E-state index contributed by atoms with van der Waals surface area (Å²) in [6, 6.07) is 12.5. The molecule has 3 aromatic rings. The molecular formula is C26H25Cl2F3N2O4S. The summed E-state index contributed by atoms with van der Waals surface area (Å²) >= 11 is 12.3. The number of ether oxygens (including phenoxy) is 1. The zero-order chi connectivity index (χ0) is 27.5. The predicted octanol–water partition coefficient (Wildman–Crippen LogP) is 6.59. The molecule has 38 heavy (non-hydrogen) atoms. The van der Waals surface area contributed by atoms with Crippen LogP contribution < -0.4 is 9.04 Å². The van der Waals surface area contributed by atoms with Crippen molar-refractivity contribution in [2.45, 2.75) is 30.5 Å². The van der Waals surface area contributed by atoms with Crippen LogP contribution in [-0.2, 0) is 22.7 Å². The predicted molar refractivity (Wildman–Crippen MR) is 141 cm³/mol. The zero-order valence-corrected chi connectivity index (χ0v) is 22.4. The number of sulfonamides is 1. The lowest BCUT2D eigenvalue weighted by atomic mass is 10.2. The van der Waals surface area contributed by atoms with Gasteiger partial charge in [-0.3, -0.25) is 9.21 Å².